The molecule has 0 aromatic rings. The van der Waals surface area contributed by atoms with E-state index < -0.39 is 86.8 Å². The fraction of sp³-hybridized carbons (Fsp3) is 0.821. The standard InChI is InChI=1S/C84H151NO13/c1-3-5-7-9-11-13-15-17-19-21-23-25-27-28-29-30-31-32-33-34-35-36-37-38-39-40-41-42-43-44-46-48-50-52-54-56-58-60-62-64-66-68-76(89)85-72(71-95-83-81(94)79(92)82(75(70-87)97-83)98-84-80(93)78(91)77(90)74(69-86)96-84)73(88)67-65-63-61-59-57-55-53-51-49-47-45-26-24-22-20-18-16-14-12-10-8-6-4-2/h5,7,11,13,17,19,23,25,28-29,31-32,65,67,72-75,77-84,86-88,90-94H,3-4,6,8-10,12,14-16,18,20-22,24,26-27,30,33-64,66,68-71H2,1-2H3,(H,85,89)/b7-5-,13-11-,19-17-,25-23-,29-28-,32-31-,67-65+. The topological polar surface area (TPSA) is 228 Å². The van der Waals surface area contributed by atoms with E-state index in [1.54, 1.807) is 6.08 Å². The van der Waals surface area contributed by atoms with Gasteiger partial charge in [-0.2, -0.15) is 0 Å². The lowest BCUT2D eigenvalue weighted by molar-refractivity contribution is -0.359. The molecule has 2 saturated heterocycles. The van der Waals surface area contributed by atoms with Gasteiger partial charge in [-0.05, 0) is 70.6 Å². The maximum Gasteiger partial charge on any atom is 0.220 e. The summed E-state index contributed by atoms with van der Waals surface area (Å²) in [6.07, 6.45) is 78.1. The number of rotatable bonds is 68. The fourth-order valence-electron chi connectivity index (χ4n) is 13.2. The van der Waals surface area contributed by atoms with Gasteiger partial charge in [-0.1, -0.05) is 356 Å². The van der Waals surface area contributed by atoms with Gasteiger partial charge < -0.3 is 65.1 Å². The highest BCUT2D eigenvalue weighted by Gasteiger charge is 2.51. The first-order valence-electron chi connectivity index (χ1n) is 40.8. The monoisotopic (exact) mass is 1380 g/mol. The van der Waals surface area contributed by atoms with Gasteiger partial charge in [0.15, 0.2) is 12.6 Å². The Balaban J connectivity index is 1.57. The smallest absolute Gasteiger partial charge is 0.220 e. The Labute approximate surface area is 599 Å². The van der Waals surface area contributed by atoms with Crippen molar-refractivity contribution in [2.75, 3.05) is 19.8 Å². The highest BCUT2D eigenvalue weighted by Crippen LogP contribution is 2.30. The van der Waals surface area contributed by atoms with Crippen molar-refractivity contribution in [3.8, 4) is 0 Å². The van der Waals surface area contributed by atoms with Gasteiger partial charge in [-0.25, -0.2) is 0 Å². The Morgan fingerprint density at radius 3 is 1.08 bits per heavy atom. The third-order valence-electron chi connectivity index (χ3n) is 19.6. The van der Waals surface area contributed by atoms with E-state index in [0.717, 1.165) is 77.0 Å². The molecule has 2 rings (SSSR count). The van der Waals surface area contributed by atoms with Crippen LogP contribution in [0.2, 0.25) is 0 Å². The molecule has 98 heavy (non-hydrogen) atoms. The van der Waals surface area contributed by atoms with Gasteiger partial charge in [0.1, 0.15) is 48.8 Å². The highest BCUT2D eigenvalue weighted by atomic mass is 16.7. The van der Waals surface area contributed by atoms with Crippen molar-refractivity contribution in [1.82, 2.24) is 5.32 Å². The number of aliphatic hydroxyl groups excluding tert-OH is 8. The summed E-state index contributed by atoms with van der Waals surface area (Å²) in [5, 5.41) is 87.7. The van der Waals surface area contributed by atoms with E-state index in [1.807, 2.05) is 6.08 Å². The van der Waals surface area contributed by atoms with Crippen molar-refractivity contribution in [3.05, 3.63) is 85.1 Å². The van der Waals surface area contributed by atoms with Crippen molar-refractivity contribution < 1.29 is 64.6 Å². The molecule has 14 heteroatoms. The number of amides is 1. The molecule has 0 aromatic heterocycles. The van der Waals surface area contributed by atoms with Crippen LogP contribution in [-0.2, 0) is 23.7 Å². The minimum absolute atomic E-state index is 0.234. The lowest BCUT2D eigenvalue weighted by Crippen LogP contribution is -2.65. The van der Waals surface area contributed by atoms with Crippen LogP contribution in [0.25, 0.3) is 0 Å². The van der Waals surface area contributed by atoms with Crippen LogP contribution >= 0.6 is 0 Å². The van der Waals surface area contributed by atoms with Gasteiger partial charge in [0.2, 0.25) is 5.91 Å². The first-order chi connectivity index (χ1) is 48.1. The summed E-state index contributed by atoms with van der Waals surface area (Å²) in [7, 11) is 0. The van der Waals surface area contributed by atoms with Crippen LogP contribution in [0.4, 0.5) is 0 Å². The maximum atomic E-state index is 13.4. The van der Waals surface area contributed by atoms with E-state index in [0.29, 0.717) is 6.42 Å². The van der Waals surface area contributed by atoms with Gasteiger partial charge in [-0.3, -0.25) is 4.79 Å². The SMILES string of the molecule is CC/C=C\C/C=C\C/C=C\C/C=C\C/C=C\C/C=C\CCCCCCCCCCCCCCCCCCCCCCCCC(=O)NC(COC1OC(CO)C(OC2OC(CO)C(O)C(O)C2O)C(O)C1O)C(O)/C=C/CCCCCCCCCCCCCCCCCCCCCCC. The van der Waals surface area contributed by atoms with Crippen molar-refractivity contribution >= 4 is 5.91 Å². The van der Waals surface area contributed by atoms with Crippen LogP contribution in [0.3, 0.4) is 0 Å². The zero-order valence-electron chi connectivity index (χ0n) is 62.5. The summed E-state index contributed by atoms with van der Waals surface area (Å²) < 4.78 is 22.9. The number of aliphatic hydroxyl groups is 8. The molecule has 2 aliphatic heterocycles. The molecule has 0 aliphatic carbocycles. The molecular weight excluding hydrogens is 1230 g/mol. The van der Waals surface area contributed by atoms with Crippen LogP contribution in [0.15, 0.2) is 85.1 Å². The molecule has 9 N–H and O–H groups in total. The lowest BCUT2D eigenvalue weighted by atomic mass is 9.97. The van der Waals surface area contributed by atoms with Crippen molar-refractivity contribution in [2.45, 2.75) is 421 Å². The minimum Gasteiger partial charge on any atom is -0.394 e. The Morgan fingerprint density at radius 2 is 0.704 bits per heavy atom. The van der Waals surface area contributed by atoms with E-state index in [1.165, 1.54) is 244 Å². The number of allylic oxidation sites excluding steroid dienone is 13. The second-order valence-electron chi connectivity index (χ2n) is 28.5. The number of ether oxygens (including phenoxy) is 4. The Morgan fingerprint density at radius 1 is 0.378 bits per heavy atom. The predicted octanol–water partition coefficient (Wildman–Crippen LogP) is 18.7. The van der Waals surface area contributed by atoms with Gasteiger partial charge in [0, 0.05) is 6.42 Å². The summed E-state index contributed by atoms with van der Waals surface area (Å²) in [5.41, 5.74) is 0. The normalized spacial score (nSPS) is 22.5. The van der Waals surface area contributed by atoms with Crippen LogP contribution in [0.5, 0.6) is 0 Å². The first-order valence-corrected chi connectivity index (χ1v) is 40.8. The molecule has 2 heterocycles. The Kier molecular flexibility index (Phi) is 62.7. The van der Waals surface area contributed by atoms with Crippen LogP contribution < -0.4 is 5.32 Å². The number of hydrogen-bond acceptors (Lipinski definition) is 13. The van der Waals surface area contributed by atoms with Crippen molar-refractivity contribution in [3.63, 3.8) is 0 Å². The van der Waals surface area contributed by atoms with E-state index in [2.05, 4.69) is 92.1 Å². The maximum absolute atomic E-state index is 13.4. The Hall–Kier alpha value is -2.83. The molecule has 570 valence electrons. The average Bonchev–Trinajstić information content (AvgIpc) is 0.793. The predicted molar refractivity (Wildman–Crippen MR) is 406 cm³/mol. The molecule has 0 spiro atoms. The number of carbonyl (C=O) groups is 1. The molecule has 2 aliphatic rings. The molecule has 0 saturated carbocycles. The zero-order chi connectivity index (χ0) is 70.8. The second-order valence-corrected chi connectivity index (χ2v) is 28.5. The first kappa shape index (κ1) is 91.3. The summed E-state index contributed by atoms with van der Waals surface area (Å²) in [6.45, 7) is 2.73. The number of unbranched alkanes of at least 4 members (excludes halogenated alkanes) is 43. The van der Waals surface area contributed by atoms with E-state index in [9.17, 15) is 45.6 Å². The van der Waals surface area contributed by atoms with E-state index in [-0.39, 0.29) is 18.9 Å². The molecule has 12 atom stereocenters. The highest BCUT2D eigenvalue weighted by molar-refractivity contribution is 5.76. The average molecular weight is 1380 g/mol. The molecule has 12 unspecified atom stereocenters. The quantitative estimate of drug-likeness (QED) is 0.0204. The molecular formula is C84H151NO13. The minimum atomic E-state index is -1.79. The molecule has 2 fully saturated rings. The van der Waals surface area contributed by atoms with Crippen molar-refractivity contribution in [2.24, 2.45) is 0 Å². The van der Waals surface area contributed by atoms with Crippen LogP contribution in [0, 0.1) is 0 Å². The summed E-state index contributed by atoms with van der Waals surface area (Å²) in [5.74, 6) is -0.234. The fourth-order valence-corrected chi connectivity index (χ4v) is 13.2. The molecule has 0 bridgehead atoms. The van der Waals surface area contributed by atoms with Gasteiger partial charge >= 0.3 is 0 Å². The van der Waals surface area contributed by atoms with E-state index in [4.69, 9.17) is 18.9 Å². The van der Waals surface area contributed by atoms with Crippen LogP contribution in [0.1, 0.15) is 348 Å². The third-order valence-corrected chi connectivity index (χ3v) is 19.6. The molecule has 1 amide bonds. The second kappa shape index (κ2) is 67.4. The molecule has 0 radical (unpaired) electrons. The molecule has 14 nitrogen and oxygen atoms in total. The van der Waals surface area contributed by atoms with E-state index >= 15 is 0 Å². The summed E-state index contributed by atoms with van der Waals surface area (Å²) in [6, 6.07) is -0.917. The van der Waals surface area contributed by atoms with Gasteiger partial charge in [-0.15, -0.1) is 0 Å². The zero-order valence-corrected chi connectivity index (χ0v) is 62.5. The largest absolute Gasteiger partial charge is 0.394 e. The number of hydrogen-bond donors (Lipinski definition) is 9. The lowest BCUT2D eigenvalue weighted by Gasteiger charge is -2.46. The van der Waals surface area contributed by atoms with Gasteiger partial charge in [0.25, 0.3) is 0 Å². The number of nitrogens with one attached hydrogen (secondary N) is 1. The van der Waals surface area contributed by atoms with Gasteiger partial charge in [0.05, 0.1) is 32.0 Å². The van der Waals surface area contributed by atoms with Crippen LogP contribution in [-0.4, -0.2) is 140 Å². The summed E-state index contributed by atoms with van der Waals surface area (Å²) in [4.78, 5) is 13.4. The Bertz CT molecular complexity index is 1970. The van der Waals surface area contributed by atoms with Crippen molar-refractivity contribution in [1.29, 1.82) is 0 Å². The third kappa shape index (κ3) is 49.7. The number of carbonyl (C=O) groups excluding carboxylic acids is 1. The molecule has 0 aromatic carbocycles. The summed E-state index contributed by atoms with van der Waals surface area (Å²) >= 11 is 0.